The summed E-state index contributed by atoms with van der Waals surface area (Å²) in [5, 5.41) is 0. The molecule has 1 saturated carbocycles. The lowest BCUT2D eigenvalue weighted by Gasteiger charge is -1.92. The average molecular weight is 120 g/mol. The van der Waals surface area contributed by atoms with Gasteiger partial charge in [-0.05, 0) is 24.3 Å². The molecule has 9 heavy (non-hydrogen) atoms. The smallest absolute Gasteiger partial charge is 0.0352 e. The summed E-state index contributed by atoms with van der Waals surface area (Å²) >= 11 is 0. The van der Waals surface area contributed by atoms with Crippen molar-refractivity contribution in [1.29, 1.82) is 0 Å². The maximum atomic E-state index is 7.80. The van der Waals surface area contributed by atoms with Crippen LogP contribution in [0.5, 0.6) is 0 Å². The summed E-state index contributed by atoms with van der Waals surface area (Å²) in [7, 11) is 0. The molecule has 0 nitrogen and oxygen atoms in total. The van der Waals surface area contributed by atoms with Gasteiger partial charge in [0.05, 0.1) is 0 Å². The highest BCUT2D eigenvalue weighted by molar-refractivity contribution is 5.22. The topological polar surface area (TPSA) is 0 Å². The number of hydrogen-bond donors (Lipinski definition) is 0. The first kappa shape index (κ1) is 3.40. The third kappa shape index (κ3) is 0.973. The van der Waals surface area contributed by atoms with E-state index in [2.05, 4.69) is 0 Å². The molecule has 0 heterocycles. The molecule has 0 N–H and O–H groups in total. The van der Waals surface area contributed by atoms with Gasteiger partial charge in [0.1, 0.15) is 0 Å². The Kier molecular flexibility index (Phi) is 0.707. The zero-order valence-corrected chi connectivity index (χ0v) is 5.17. The molecule has 0 radical (unpaired) electrons. The number of rotatable bonds is 1. The normalized spacial score (nSPS) is 43.3. The van der Waals surface area contributed by atoms with Gasteiger partial charge in [-0.3, -0.25) is 0 Å². The van der Waals surface area contributed by atoms with Gasteiger partial charge < -0.3 is 0 Å². The van der Waals surface area contributed by atoms with Crippen LogP contribution in [0.3, 0.4) is 0 Å². The molecule has 0 amide bonds. The molecule has 0 saturated heterocycles. The lowest BCUT2D eigenvalue weighted by Crippen LogP contribution is -1.73. The van der Waals surface area contributed by atoms with E-state index in [-0.39, 0.29) is 6.40 Å². The van der Waals surface area contributed by atoms with Crippen LogP contribution in [0.15, 0.2) is 30.3 Å². The molecule has 0 spiro atoms. The first-order valence-electron chi connectivity index (χ1n) is 4.29. The summed E-state index contributed by atoms with van der Waals surface area (Å²) < 4.78 is 15.2. The average Bonchev–Trinajstić information content (AvgIpc) is 2.64. The van der Waals surface area contributed by atoms with Crippen LogP contribution in [0, 0.1) is 0 Å². The molecule has 2 atom stereocenters. The van der Waals surface area contributed by atoms with Gasteiger partial charge in [0.2, 0.25) is 0 Å². The van der Waals surface area contributed by atoms with Crippen LogP contribution in [-0.2, 0) is 0 Å². The van der Waals surface area contributed by atoms with Crippen molar-refractivity contribution >= 4 is 0 Å². The summed E-state index contributed by atoms with van der Waals surface area (Å²) in [5.74, 6) is -0.582. The second-order valence-electron chi connectivity index (χ2n) is 2.30. The minimum Gasteiger partial charge on any atom is -0.0622 e. The molecule has 1 fully saturated rings. The molecular formula is C9H10. The van der Waals surface area contributed by atoms with Gasteiger partial charge >= 0.3 is 0 Å². The van der Waals surface area contributed by atoms with Gasteiger partial charge in [0.25, 0.3) is 0 Å². The summed E-state index contributed by atoms with van der Waals surface area (Å²) in [6.07, 6.45) is 0.488. The second-order valence-corrected chi connectivity index (χ2v) is 2.30. The van der Waals surface area contributed by atoms with Gasteiger partial charge in [-0.25, -0.2) is 0 Å². The summed E-state index contributed by atoms with van der Waals surface area (Å²) in [4.78, 5) is 0. The van der Waals surface area contributed by atoms with E-state index in [1.807, 2.05) is 30.3 Å². The highest BCUT2D eigenvalue weighted by Gasteiger charge is 2.22. The van der Waals surface area contributed by atoms with Crippen LogP contribution in [0.1, 0.15) is 27.0 Å². The molecule has 1 unspecified atom stereocenters. The quantitative estimate of drug-likeness (QED) is 0.534. The third-order valence-corrected chi connectivity index (χ3v) is 1.55. The first-order chi connectivity index (χ1) is 5.23. The Bertz CT molecular complexity index is 258. The Labute approximate surface area is 58.3 Å². The second kappa shape index (κ2) is 1.87. The molecule has 0 heteroatoms. The first-order valence-corrected chi connectivity index (χ1v) is 3.21. The van der Waals surface area contributed by atoms with Crippen molar-refractivity contribution in [3.05, 3.63) is 35.9 Å². The van der Waals surface area contributed by atoms with Crippen LogP contribution < -0.4 is 0 Å². The molecule has 46 valence electrons. The summed E-state index contributed by atoms with van der Waals surface area (Å²) in [6, 6.07) is 9.66. The number of benzene rings is 1. The molecule has 1 aliphatic rings. The van der Waals surface area contributed by atoms with E-state index in [0.29, 0.717) is 6.42 Å². The van der Waals surface area contributed by atoms with E-state index in [1.54, 1.807) is 0 Å². The van der Waals surface area contributed by atoms with Crippen LogP contribution in [-0.4, -0.2) is 0 Å². The van der Waals surface area contributed by atoms with E-state index in [9.17, 15) is 0 Å². The zero-order valence-electron chi connectivity index (χ0n) is 7.17. The fraction of sp³-hybridized carbons (Fsp3) is 0.333. The fourth-order valence-corrected chi connectivity index (χ4v) is 0.939. The lowest BCUT2D eigenvalue weighted by molar-refractivity contribution is 1.13. The van der Waals surface area contributed by atoms with Gasteiger partial charge in [-0.2, -0.15) is 0 Å². The molecule has 0 bridgehead atoms. The SMILES string of the molecule is [2H][C@@H]1CC1([2H])c1ccccc1. The van der Waals surface area contributed by atoms with E-state index >= 15 is 0 Å². The highest BCUT2D eigenvalue weighted by atomic mass is 14.3. The summed E-state index contributed by atoms with van der Waals surface area (Å²) in [6.45, 7) is 0. The Morgan fingerprint density at radius 1 is 1.44 bits per heavy atom. The fourth-order valence-electron chi connectivity index (χ4n) is 0.939. The van der Waals surface area contributed by atoms with Crippen LogP contribution in [0.2, 0.25) is 0 Å². The largest absolute Gasteiger partial charge is 0.0622 e. The Morgan fingerprint density at radius 3 is 2.67 bits per heavy atom. The molecule has 1 aliphatic carbocycles. The van der Waals surface area contributed by atoms with E-state index < -0.39 is 5.89 Å². The molecule has 1 aromatic carbocycles. The van der Waals surface area contributed by atoms with Crippen LogP contribution in [0.25, 0.3) is 0 Å². The Morgan fingerprint density at radius 2 is 2.11 bits per heavy atom. The Hall–Kier alpha value is -0.780. The predicted octanol–water partition coefficient (Wildman–Crippen LogP) is 2.56. The standard InChI is InChI=1S/C9H10/c1-2-4-8(5-3-1)9-6-7-9/h1-5,9H,6-7H2/i6D,9D/t6-,9?/m1/s1. The van der Waals surface area contributed by atoms with Gasteiger partial charge in [-0.1, -0.05) is 30.3 Å². The molecule has 2 rings (SSSR count). The minimum atomic E-state index is -0.582. The van der Waals surface area contributed by atoms with Crippen molar-refractivity contribution in [3.8, 4) is 0 Å². The van der Waals surface area contributed by atoms with Crippen molar-refractivity contribution in [3.63, 3.8) is 0 Å². The van der Waals surface area contributed by atoms with Crippen molar-refractivity contribution in [2.24, 2.45) is 0 Å². The third-order valence-electron chi connectivity index (χ3n) is 1.55. The molecular weight excluding hydrogens is 108 g/mol. The highest BCUT2D eigenvalue weighted by Crippen LogP contribution is 2.39. The van der Waals surface area contributed by atoms with Crippen molar-refractivity contribution in [1.82, 2.24) is 0 Å². The lowest BCUT2D eigenvalue weighted by atomic mass is 10.1. The van der Waals surface area contributed by atoms with Gasteiger partial charge in [-0.15, -0.1) is 0 Å². The van der Waals surface area contributed by atoms with Crippen molar-refractivity contribution in [2.75, 3.05) is 0 Å². The summed E-state index contributed by atoms with van der Waals surface area (Å²) in [5.41, 5.74) is 0.986. The number of hydrogen-bond acceptors (Lipinski definition) is 0. The molecule has 0 aliphatic heterocycles. The zero-order chi connectivity index (χ0) is 7.90. The molecule has 1 aromatic rings. The van der Waals surface area contributed by atoms with Crippen LogP contribution in [0.4, 0.5) is 0 Å². The minimum absolute atomic E-state index is 0.204. The Balaban J connectivity index is 2.32. The van der Waals surface area contributed by atoms with Crippen LogP contribution >= 0.6 is 0 Å². The van der Waals surface area contributed by atoms with Gasteiger partial charge in [0.15, 0.2) is 0 Å². The van der Waals surface area contributed by atoms with E-state index in [0.717, 1.165) is 5.56 Å². The maximum absolute atomic E-state index is 7.80. The van der Waals surface area contributed by atoms with Gasteiger partial charge in [0, 0.05) is 2.74 Å². The van der Waals surface area contributed by atoms with Crippen molar-refractivity contribution < 1.29 is 2.74 Å². The monoisotopic (exact) mass is 120 g/mol. The maximum Gasteiger partial charge on any atom is 0.0352 e. The van der Waals surface area contributed by atoms with E-state index in [4.69, 9.17) is 2.74 Å². The van der Waals surface area contributed by atoms with Crippen molar-refractivity contribution in [2.45, 2.75) is 18.7 Å². The predicted molar refractivity (Wildman–Crippen MR) is 38.4 cm³/mol. The molecule has 0 aromatic heterocycles. The van der Waals surface area contributed by atoms with E-state index in [1.165, 1.54) is 0 Å².